The fourth-order valence-corrected chi connectivity index (χ4v) is 2.24. The molecule has 3 nitrogen and oxygen atoms in total. The molecule has 5 N–H and O–H groups in total. The molecule has 0 aliphatic rings. The van der Waals surface area contributed by atoms with Crippen LogP contribution in [0.25, 0.3) is 0 Å². The van der Waals surface area contributed by atoms with Crippen molar-refractivity contribution in [3.63, 3.8) is 0 Å². The summed E-state index contributed by atoms with van der Waals surface area (Å²) in [5.41, 5.74) is 11.0. The van der Waals surface area contributed by atoms with Crippen LogP contribution in [0.2, 0.25) is 5.02 Å². The van der Waals surface area contributed by atoms with Crippen molar-refractivity contribution in [2.24, 2.45) is 5.84 Å². The summed E-state index contributed by atoms with van der Waals surface area (Å²) in [7, 11) is 0. The molecule has 1 atom stereocenters. The van der Waals surface area contributed by atoms with Crippen molar-refractivity contribution in [2.45, 2.75) is 12.5 Å². The van der Waals surface area contributed by atoms with Crippen molar-refractivity contribution in [1.29, 1.82) is 0 Å². The summed E-state index contributed by atoms with van der Waals surface area (Å²) in [6, 6.07) is 11.6. The van der Waals surface area contributed by atoms with E-state index in [9.17, 15) is 4.39 Å². The lowest BCUT2D eigenvalue weighted by Crippen LogP contribution is -2.30. The normalized spacial score (nSPS) is 12.4. The number of hydrazine groups is 1. The van der Waals surface area contributed by atoms with Crippen molar-refractivity contribution < 1.29 is 4.39 Å². The van der Waals surface area contributed by atoms with Crippen LogP contribution in [-0.4, -0.2) is 0 Å². The Hall–Kier alpha value is -1.62. The zero-order valence-electron chi connectivity index (χ0n) is 10.2. The van der Waals surface area contributed by atoms with Crippen LogP contribution in [0, 0.1) is 5.82 Å². The van der Waals surface area contributed by atoms with E-state index in [0.29, 0.717) is 17.1 Å². The lowest BCUT2D eigenvalue weighted by molar-refractivity contribution is 0.552. The molecule has 2 rings (SSSR count). The van der Waals surface area contributed by atoms with Crippen LogP contribution in [0.1, 0.15) is 17.2 Å². The molecule has 0 bridgehead atoms. The van der Waals surface area contributed by atoms with Gasteiger partial charge in [0.15, 0.2) is 0 Å². The minimum atomic E-state index is -0.356. The lowest BCUT2D eigenvalue weighted by Gasteiger charge is -2.19. The summed E-state index contributed by atoms with van der Waals surface area (Å²) in [4.78, 5) is 0. The molecule has 0 heterocycles. The molecule has 1 unspecified atom stereocenters. The molecule has 0 saturated heterocycles. The van der Waals surface area contributed by atoms with Gasteiger partial charge in [0.2, 0.25) is 0 Å². The maximum atomic E-state index is 13.0. The van der Waals surface area contributed by atoms with Gasteiger partial charge in [0.1, 0.15) is 5.82 Å². The van der Waals surface area contributed by atoms with Gasteiger partial charge in [-0.15, -0.1) is 0 Å². The van der Waals surface area contributed by atoms with E-state index in [1.165, 1.54) is 12.1 Å². The van der Waals surface area contributed by atoms with Crippen LogP contribution < -0.4 is 17.0 Å². The summed E-state index contributed by atoms with van der Waals surface area (Å²) in [5.74, 6) is 5.22. The van der Waals surface area contributed by atoms with E-state index in [-0.39, 0.29) is 11.9 Å². The summed E-state index contributed by atoms with van der Waals surface area (Å²) < 4.78 is 13.0. The molecule has 0 aliphatic carbocycles. The highest BCUT2D eigenvalue weighted by Gasteiger charge is 2.15. The van der Waals surface area contributed by atoms with Crippen LogP contribution in [0.5, 0.6) is 0 Å². The topological polar surface area (TPSA) is 64.1 Å². The Morgan fingerprint density at radius 3 is 2.58 bits per heavy atom. The Labute approximate surface area is 116 Å². The van der Waals surface area contributed by atoms with E-state index in [1.807, 2.05) is 24.3 Å². The molecule has 0 amide bonds. The van der Waals surface area contributed by atoms with Crippen LogP contribution >= 0.6 is 11.6 Å². The number of hydrogen-bond donors (Lipinski definition) is 3. The number of halogens is 2. The predicted molar refractivity (Wildman–Crippen MR) is 76.0 cm³/mol. The van der Waals surface area contributed by atoms with E-state index in [2.05, 4.69) is 5.43 Å². The average Bonchev–Trinajstić information content (AvgIpc) is 2.39. The first-order valence-corrected chi connectivity index (χ1v) is 6.24. The largest absolute Gasteiger partial charge is 0.398 e. The number of hydrogen-bond acceptors (Lipinski definition) is 3. The van der Waals surface area contributed by atoms with Gasteiger partial charge < -0.3 is 5.73 Å². The monoisotopic (exact) mass is 279 g/mol. The van der Waals surface area contributed by atoms with Crippen molar-refractivity contribution in [3.05, 3.63) is 64.4 Å². The van der Waals surface area contributed by atoms with Crippen LogP contribution in [0.4, 0.5) is 10.1 Å². The minimum Gasteiger partial charge on any atom is -0.398 e. The summed E-state index contributed by atoms with van der Waals surface area (Å²) >= 11 is 6.02. The summed E-state index contributed by atoms with van der Waals surface area (Å²) in [5, 5.41) is 0.384. The van der Waals surface area contributed by atoms with Crippen molar-refractivity contribution >= 4 is 17.3 Å². The van der Waals surface area contributed by atoms with Gasteiger partial charge in [-0.05, 0) is 35.7 Å². The molecule has 0 saturated carbocycles. The molecule has 100 valence electrons. The molecule has 0 aliphatic heterocycles. The highest BCUT2D eigenvalue weighted by molar-refractivity contribution is 6.31. The third-order valence-electron chi connectivity index (χ3n) is 3.01. The van der Waals surface area contributed by atoms with E-state index >= 15 is 0 Å². The van der Waals surface area contributed by atoms with Crippen molar-refractivity contribution in [2.75, 3.05) is 5.73 Å². The molecule has 2 aromatic carbocycles. The molecule has 19 heavy (non-hydrogen) atoms. The van der Waals surface area contributed by atoms with E-state index in [0.717, 1.165) is 11.1 Å². The van der Waals surface area contributed by atoms with Gasteiger partial charge in [-0.25, -0.2) is 4.39 Å². The van der Waals surface area contributed by atoms with Crippen LogP contribution in [-0.2, 0) is 6.42 Å². The Morgan fingerprint density at radius 1 is 1.21 bits per heavy atom. The standard InChI is InChI=1S/C14H15ClFN3/c15-12-8-10(16)6-5-9(12)7-14(19-18)11-3-1-2-4-13(11)17/h1-6,8,14,19H,7,17-18H2. The number of benzene rings is 2. The summed E-state index contributed by atoms with van der Waals surface area (Å²) in [6.07, 6.45) is 0.532. The number of rotatable bonds is 4. The molecule has 0 aromatic heterocycles. The third kappa shape index (κ3) is 3.23. The zero-order valence-corrected chi connectivity index (χ0v) is 11.0. The molecular weight excluding hydrogens is 265 g/mol. The minimum absolute atomic E-state index is 0.177. The van der Waals surface area contributed by atoms with Gasteiger partial charge in [-0.1, -0.05) is 35.9 Å². The number of para-hydroxylation sites is 1. The highest BCUT2D eigenvalue weighted by Crippen LogP contribution is 2.26. The molecular formula is C14H15ClFN3. The molecule has 0 spiro atoms. The first-order valence-electron chi connectivity index (χ1n) is 5.86. The Morgan fingerprint density at radius 2 is 1.95 bits per heavy atom. The first kappa shape index (κ1) is 13.8. The lowest BCUT2D eigenvalue weighted by atomic mass is 9.98. The van der Waals surface area contributed by atoms with Crippen LogP contribution in [0.15, 0.2) is 42.5 Å². The summed E-state index contributed by atoms with van der Waals surface area (Å²) in [6.45, 7) is 0. The SMILES string of the molecule is NNC(Cc1ccc(F)cc1Cl)c1ccccc1N. The number of nitrogens with two attached hydrogens (primary N) is 2. The van der Waals surface area contributed by atoms with E-state index < -0.39 is 0 Å². The zero-order chi connectivity index (χ0) is 13.8. The van der Waals surface area contributed by atoms with Gasteiger partial charge in [-0.3, -0.25) is 11.3 Å². The van der Waals surface area contributed by atoms with Gasteiger partial charge >= 0.3 is 0 Å². The molecule has 5 heteroatoms. The van der Waals surface area contributed by atoms with Gasteiger partial charge in [0.05, 0.1) is 6.04 Å². The van der Waals surface area contributed by atoms with E-state index in [4.69, 9.17) is 23.2 Å². The van der Waals surface area contributed by atoms with Crippen LogP contribution in [0.3, 0.4) is 0 Å². The van der Waals surface area contributed by atoms with Crippen molar-refractivity contribution in [1.82, 2.24) is 5.43 Å². The second-order valence-electron chi connectivity index (χ2n) is 4.29. The molecule has 2 aromatic rings. The maximum absolute atomic E-state index is 13.0. The smallest absolute Gasteiger partial charge is 0.124 e. The van der Waals surface area contributed by atoms with Crippen molar-refractivity contribution in [3.8, 4) is 0 Å². The fourth-order valence-electron chi connectivity index (χ4n) is 1.99. The van der Waals surface area contributed by atoms with Gasteiger partial charge in [0, 0.05) is 10.7 Å². The first-order chi connectivity index (χ1) is 9.11. The number of nitrogens with one attached hydrogen (secondary N) is 1. The average molecular weight is 280 g/mol. The fraction of sp³-hybridized carbons (Fsp3) is 0.143. The third-order valence-corrected chi connectivity index (χ3v) is 3.36. The molecule has 0 radical (unpaired) electrons. The second kappa shape index (κ2) is 6.02. The highest BCUT2D eigenvalue weighted by atomic mass is 35.5. The second-order valence-corrected chi connectivity index (χ2v) is 4.70. The number of anilines is 1. The predicted octanol–water partition coefficient (Wildman–Crippen LogP) is 2.81. The Bertz CT molecular complexity index is 574. The van der Waals surface area contributed by atoms with Gasteiger partial charge in [-0.2, -0.15) is 0 Å². The Balaban J connectivity index is 2.27. The maximum Gasteiger partial charge on any atom is 0.124 e. The Kier molecular flexibility index (Phi) is 4.37. The van der Waals surface area contributed by atoms with E-state index in [1.54, 1.807) is 6.07 Å². The quantitative estimate of drug-likeness (QED) is 0.458. The molecule has 0 fully saturated rings. The van der Waals surface area contributed by atoms with Gasteiger partial charge in [0.25, 0.3) is 0 Å². The number of nitrogen functional groups attached to an aromatic ring is 1.